The lowest BCUT2D eigenvalue weighted by molar-refractivity contribution is 0.0999. The van der Waals surface area contributed by atoms with Crippen LogP contribution < -0.4 is 5.73 Å². The third-order valence-corrected chi connectivity index (χ3v) is 3.12. The minimum absolute atomic E-state index is 0.374. The van der Waals surface area contributed by atoms with Gasteiger partial charge in [-0.3, -0.25) is 4.79 Å². The number of nitrogens with zero attached hydrogens (tertiary/aromatic N) is 2. The first-order chi connectivity index (χ1) is 10.2. The summed E-state index contributed by atoms with van der Waals surface area (Å²) in [4.78, 5) is 15.7. The number of primary amides is 1. The van der Waals surface area contributed by atoms with Crippen molar-refractivity contribution in [2.45, 2.75) is 6.42 Å². The Morgan fingerprint density at radius 2 is 1.76 bits per heavy atom. The molecule has 1 amide bonds. The zero-order valence-electron chi connectivity index (χ0n) is 11.2. The number of amides is 1. The predicted molar refractivity (Wildman–Crippen MR) is 77.5 cm³/mol. The maximum absolute atomic E-state index is 11.4. The molecule has 0 fully saturated rings. The minimum Gasteiger partial charge on any atom is -0.366 e. The van der Waals surface area contributed by atoms with E-state index >= 15 is 0 Å². The van der Waals surface area contributed by atoms with Crippen LogP contribution in [0.2, 0.25) is 0 Å². The molecule has 0 spiro atoms. The molecule has 0 saturated carbocycles. The molecule has 2 N–H and O–H groups in total. The second kappa shape index (κ2) is 5.58. The van der Waals surface area contributed by atoms with Crippen LogP contribution in [0.25, 0.3) is 11.4 Å². The first kappa shape index (κ1) is 13.1. The van der Waals surface area contributed by atoms with E-state index in [2.05, 4.69) is 10.1 Å². The quantitative estimate of drug-likeness (QED) is 0.795. The number of carbonyl (C=O) groups is 1. The highest BCUT2D eigenvalue weighted by atomic mass is 16.5. The Kier molecular flexibility index (Phi) is 3.47. The van der Waals surface area contributed by atoms with Gasteiger partial charge in [0.2, 0.25) is 17.6 Å². The fraction of sp³-hybridized carbons (Fsp3) is 0.0625. The van der Waals surface area contributed by atoms with Crippen LogP contribution in [0.4, 0.5) is 0 Å². The van der Waals surface area contributed by atoms with Gasteiger partial charge in [-0.1, -0.05) is 53.7 Å². The van der Waals surface area contributed by atoms with Gasteiger partial charge in [0, 0.05) is 11.1 Å². The highest BCUT2D eigenvalue weighted by molar-refractivity contribution is 5.94. The van der Waals surface area contributed by atoms with Crippen molar-refractivity contribution in [1.82, 2.24) is 10.1 Å². The first-order valence-corrected chi connectivity index (χ1v) is 6.50. The SMILES string of the molecule is NC(=O)c1ccccc1Cc1nc(-c2ccccc2)no1. The average molecular weight is 279 g/mol. The molecule has 5 nitrogen and oxygen atoms in total. The number of hydrogen-bond donors (Lipinski definition) is 1. The molecule has 3 rings (SSSR count). The van der Waals surface area contributed by atoms with E-state index in [9.17, 15) is 4.79 Å². The van der Waals surface area contributed by atoms with Crippen LogP contribution in [0.3, 0.4) is 0 Å². The molecule has 21 heavy (non-hydrogen) atoms. The van der Waals surface area contributed by atoms with Crippen LogP contribution in [0.5, 0.6) is 0 Å². The van der Waals surface area contributed by atoms with Crippen LogP contribution >= 0.6 is 0 Å². The molecule has 3 aromatic rings. The molecule has 0 unspecified atom stereocenters. The maximum atomic E-state index is 11.4. The molecule has 0 atom stereocenters. The van der Waals surface area contributed by atoms with Crippen molar-refractivity contribution >= 4 is 5.91 Å². The molecule has 0 radical (unpaired) electrons. The Morgan fingerprint density at radius 3 is 2.52 bits per heavy atom. The number of benzene rings is 2. The summed E-state index contributed by atoms with van der Waals surface area (Å²) in [5.41, 5.74) is 7.48. The van der Waals surface area contributed by atoms with Crippen molar-refractivity contribution in [1.29, 1.82) is 0 Å². The van der Waals surface area contributed by atoms with Crippen molar-refractivity contribution in [2.75, 3.05) is 0 Å². The minimum atomic E-state index is -0.464. The molecule has 2 aromatic carbocycles. The van der Waals surface area contributed by atoms with Gasteiger partial charge in [0.05, 0.1) is 6.42 Å². The zero-order valence-corrected chi connectivity index (χ0v) is 11.2. The topological polar surface area (TPSA) is 82.0 Å². The van der Waals surface area contributed by atoms with Crippen LogP contribution in [0, 0.1) is 0 Å². The van der Waals surface area contributed by atoms with Crippen LogP contribution in [-0.4, -0.2) is 16.0 Å². The molecule has 5 heteroatoms. The van der Waals surface area contributed by atoms with E-state index in [0.29, 0.717) is 23.7 Å². The standard InChI is InChI=1S/C16H13N3O2/c17-15(20)13-9-5-4-8-12(13)10-14-18-16(19-21-14)11-6-2-1-3-7-11/h1-9H,10H2,(H2,17,20). The van der Waals surface area contributed by atoms with Gasteiger partial charge in [-0.15, -0.1) is 0 Å². The molecule has 1 heterocycles. The summed E-state index contributed by atoms with van der Waals surface area (Å²) < 4.78 is 5.24. The Balaban J connectivity index is 1.87. The van der Waals surface area contributed by atoms with Gasteiger partial charge in [0.1, 0.15) is 0 Å². The number of rotatable bonds is 4. The third-order valence-electron chi connectivity index (χ3n) is 3.12. The van der Waals surface area contributed by atoms with Crippen molar-refractivity contribution in [3.63, 3.8) is 0 Å². The van der Waals surface area contributed by atoms with Gasteiger partial charge in [0.25, 0.3) is 0 Å². The fourth-order valence-corrected chi connectivity index (χ4v) is 2.11. The summed E-state index contributed by atoms with van der Waals surface area (Å²) in [6.07, 6.45) is 0.374. The van der Waals surface area contributed by atoms with Gasteiger partial charge >= 0.3 is 0 Å². The molecular weight excluding hydrogens is 266 g/mol. The third kappa shape index (κ3) is 2.81. The Hall–Kier alpha value is -2.95. The normalized spacial score (nSPS) is 10.5. The van der Waals surface area contributed by atoms with Crippen molar-refractivity contribution in [2.24, 2.45) is 5.73 Å². The molecule has 0 bridgehead atoms. The monoisotopic (exact) mass is 279 g/mol. The van der Waals surface area contributed by atoms with Crippen molar-refractivity contribution < 1.29 is 9.32 Å². The van der Waals surface area contributed by atoms with Crippen molar-refractivity contribution in [3.05, 3.63) is 71.6 Å². The van der Waals surface area contributed by atoms with E-state index in [1.54, 1.807) is 12.1 Å². The van der Waals surface area contributed by atoms with Gasteiger partial charge in [-0.2, -0.15) is 4.98 Å². The first-order valence-electron chi connectivity index (χ1n) is 6.50. The fourth-order valence-electron chi connectivity index (χ4n) is 2.11. The van der Waals surface area contributed by atoms with E-state index in [1.807, 2.05) is 42.5 Å². The molecule has 0 aliphatic carbocycles. The summed E-state index contributed by atoms with van der Waals surface area (Å²) in [6.45, 7) is 0. The number of nitrogens with two attached hydrogens (primary N) is 1. The summed E-state index contributed by atoms with van der Waals surface area (Å²) in [7, 11) is 0. The predicted octanol–water partition coefficient (Wildman–Crippen LogP) is 2.43. The molecule has 0 aliphatic rings. The van der Waals surface area contributed by atoms with E-state index in [4.69, 9.17) is 10.3 Å². The van der Waals surface area contributed by atoms with E-state index in [1.165, 1.54) is 0 Å². The van der Waals surface area contributed by atoms with Gasteiger partial charge in [0.15, 0.2) is 0 Å². The molecular formula is C16H13N3O2. The van der Waals surface area contributed by atoms with E-state index in [-0.39, 0.29) is 0 Å². The molecule has 0 saturated heterocycles. The lowest BCUT2D eigenvalue weighted by Crippen LogP contribution is -2.13. The van der Waals surface area contributed by atoms with Gasteiger partial charge < -0.3 is 10.3 Å². The lowest BCUT2D eigenvalue weighted by Gasteiger charge is -2.02. The molecule has 104 valence electrons. The number of hydrogen-bond acceptors (Lipinski definition) is 4. The summed E-state index contributed by atoms with van der Waals surface area (Å²) in [5, 5.41) is 3.95. The number of aromatic nitrogens is 2. The van der Waals surface area contributed by atoms with Crippen LogP contribution in [-0.2, 0) is 6.42 Å². The molecule has 0 aliphatic heterocycles. The largest absolute Gasteiger partial charge is 0.366 e. The number of carbonyl (C=O) groups excluding carboxylic acids is 1. The van der Waals surface area contributed by atoms with E-state index in [0.717, 1.165) is 11.1 Å². The van der Waals surface area contributed by atoms with E-state index < -0.39 is 5.91 Å². The van der Waals surface area contributed by atoms with Gasteiger partial charge in [-0.25, -0.2) is 0 Å². The Bertz CT molecular complexity index is 766. The summed E-state index contributed by atoms with van der Waals surface area (Å²) in [6, 6.07) is 16.7. The zero-order chi connectivity index (χ0) is 14.7. The van der Waals surface area contributed by atoms with Gasteiger partial charge in [-0.05, 0) is 11.6 Å². The maximum Gasteiger partial charge on any atom is 0.248 e. The van der Waals surface area contributed by atoms with Crippen LogP contribution in [0.15, 0.2) is 59.1 Å². The second-order valence-corrected chi connectivity index (χ2v) is 4.58. The average Bonchev–Trinajstić information content (AvgIpc) is 2.97. The summed E-state index contributed by atoms with van der Waals surface area (Å²) in [5.74, 6) is 0.512. The van der Waals surface area contributed by atoms with Crippen LogP contribution in [0.1, 0.15) is 21.8 Å². The highest BCUT2D eigenvalue weighted by Crippen LogP contribution is 2.18. The summed E-state index contributed by atoms with van der Waals surface area (Å²) >= 11 is 0. The second-order valence-electron chi connectivity index (χ2n) is 4.58. The highest BCUT2D eigenvalue weighted by Gasteiger charge is 2.13. The Labute approximate surface area is 121 Å². The molecule has 1 aromatic heterocycles. The Morgan fingerprint density at radius 1 is 1.05 bits per heavy atom. The smallest absolute Gasteiger partial charge is 0.248 e. The lowest BCUT2D eigenvalue weighted by atomic mass is 10.0. The van der Waals surface area contributed by atoms with Crippen molar-refractivity contribution in [3.8, 4) is 11.4 Å².